The molecule has 218 valence electrons. The van der Waals surface area contributed by atoms with Gasteiger partial charge in [0, 0.05) is 51.4 Å². The van der Waals surface area contributed by atoms with E-state index in [1.165, 1.54) is 11.1 Å². The van der Waals surface area contributed by atoms with Gasteiger partial charge in [0.2, 0.25) is 5.91 Å². The summed E-state index contributed by atoms with van der Waals surface area (Å²) in [6.45, 7) is 13.3. The summed E-state index contributed by atoms with van der Waals surface area (Å²) in [5, 5.41) is 14.3. The van der Waals surface area contributed by atoms with Crippen molar-refractivity contribution in [3.05, 3.63) is 29.3 Å². The maximum atomic E-state index is 13.1. The highest BCUT2D eigenvalue weighted by Gasteiger charge is 2.31. The van der Waals surface area contributed by atoms with Crippen LogP contribution < -0.4 is 15.8 Å². The summed E-state index contributed by atoms with van der Waals surface area (Å²) >= 11 is 0. The second kappa shape index (κ2) is 17.1. The lowest BCUT2D eigenvalue weighted by Gasteiger charge is -2.31. The predicted octanol–water partition coefficient (Wildman–Crippen LogP) is 4.51. The first-order chi connectivity index (χ1) is 18.2. The van der Waals surface area contributed by atoms with Crippen molar-refractivity contribution < 1.29 is 24.1 Å². The minimum Gasteiger partial charge on any atom is -0.493 e. The number of benzene rings is 1. The number of nitrogens with one attached hydrogen (secondary N) is 1. The normalized spacial score (nSPS) is 17.8. The lowest BCUT2D eigenvalue weighted by atomic mass is 9.80. The van der Waals surface area contributed by atoms with Gasteiger partial charge in [-0.2, -0.15) is 0 Å². The number of carbonyl (C=O) groups is 1. The maximum absolute atomic E-state index is 13.1. The number of rotatable bonds is 17. The first kappa shape index (κ1) is 32.5. The zero-order valence-electron chi connectivity index (χ0n) is 24.7. The molecule has 2 rings (SSSR count). The Bertz CT molecular complexity index is 809. The number of hydrogen-bond acceptors (Lipinski definition) is 6. The number of aliphatic hydroxyl groups is 1. The Hall–Kier alpha value is -1.67. The number of aryl methyl sites for hydroxylation is 1. The van der Waals surface area contributed by atoms with Crippen LogP contribution >= 0.6 is 0 Å². The highest BCUT2D eigenvalue weighted by Crippen LogP contribution is 2.29. The van der Waals surface area contributed by atoms with Crippen molar-refractivity contribution in [2.24, 2.45) is 29.4 Å². The molecule has 7 heteroatoms. The van der Waals surface area contributed by atoms with E-state index < -0.39 is 6.10 Å². The number of nitrogens with two attached hydrogens (primary N) is 1. The summed E-state index contributed by atoms with van der Waals surface area (Å²) in [7, 11) is 1.71. The average molecular weight is 535 g/mol. The number of hydrogen-bond donors (Lipinski definition) is 3. The van der Waals surface area contributed by atoms with E-state index >= 15 is 0 Å². The second-order valence-corrected chi connectivity index (χ2v) is 11.6. The zero-order valence-corrected chi connectivity index (χ0v) is 24.7. The molecule has 1 aliphatic rings. The molecule has 1 aliphatic heterocycles. The van der Waals surface area contributed by atoms with Crippen LogP contribution in [0.2, 0.25) is 0 Å². The van der Waals surface area contributed by atoms with Gasteiger partial charge in [-0.05, 0) is 73.5 Å². The monoisotopic (exact) mass is 534 g/mol. The van der Waals surface area contributed by atoms with Crippen LogP contribution in [-0.2, 0) is 27.1 Å². The summed E-state index contributed by atoms with van der Waals surface area (Å²) in [6.07, 6.45) is 4.68. The zero-order chi connectivity index (χ0) is 28.1. The van der Waals surface area contributed by atoms with E-state index in [-0.39, 0.29) is 29.8 Å². The summed E-state index contributed by atoms with van der Waals surface area (Å²) in [4.78, 5) is 13.1. The maximum Gasteiger partial charge on any atom is 0.223 e. The Balaban J connectivity index is 2.00. The Morgan fingerprint density at radius 2 is 1.84 bits per heavy atom. The Morgan fingerprint density at radius 3 is 2.45 bits per heavy atom. The van der Waals surface area contributed by atoms with Crippen LogP contribution in [0.4, 0.5) is 0 Å². The Morgan fingerprint density at radius 1 is 1.13 bits per heavy atom. The van der Waals surface area contributed by atoms with Gasteiger partial charge in [0.15, 0.2) is 0 Å². The third-order valence-corrected chi connectivity index (χ3v) is 7.98. The third-order valence-electron chi connectivity index (χ3n) is 7.98. The quantitative estimate of drug-likeness (QED) is 0.254. The SMILES string of the molecule is CCc1ccc(CC(CC(N)C(O)CC(C(=O)NC2CCOCC2)C(C)C)C(C)C)cc1OCCCOC. The van der Waals surface area contributed by atoms with E-state index in [0.717, 1.165) is 37.9 Å². The molecule has 0 saturated carbocycles. The van der Waals surface area contributed by atoms with Crippen LogP contribution in [0.1, 0.15) is 77.8 Å². The fourth-order valence-electron chi connectivity index (χ4n) is 5.21. The van der Waals surface area contributed by atoms with E-state index in [4.69, 9.17) is 19.9 Å². The van der Waals surface area contributed by atoms with E-state index in [0.29, 0.717) is 51.1 Å². The van der Waals surface area contributed by atoms with Gasteiger partial charge in [0.25, 0.3) is 0 Å². The van der Waals surface area contributed by atoms with Crippen LogP contribution in [0, 0.1) is 23.7 Å². The molecular formula is C31H54N2O5. The topological polar surface area (TPSA) is 103 Å². The van der Waals surface area contributed by atoms with E-state index in [1.54, 1.807) is 7.11 Å². The van der Waals surface area contributed by atoms with Crippen molar-refractivity contribution >= 4 is 5.91 Å². The molecule has 0 aliphatic carbocycles. The highest BCUT2D eigenvalue weighted by molar-refractivity contribution is 5.79. The van der Waals surface area contributed by atoms with Crippen LogP contribution in [0.15, 0.2) is 18.2 Å². The minimum absolute atomic E-state index is 0.0209. The molecular weight excluding hydrogens is 480 g/mol. The molecule has 7 nitrogen and oxygen atoms in total. The number of ether oxygens (including phenoxy) is 3. The molecule has 1 heterocycles. The van der Waals surface area contributed by atoms with Crippen molar-refractivity contribution in [2.75, 3.05) is 33.5 Å². The number of carbonyl (C=O) groups excluding carboxylic acids is 1. The van der Waals surface area contributed by atoms with E-state index in [9.17, 15) is 9.90 Å². The molecule has 1 amide bonds. The largest absolute Gasteiger partial charge is 0.493 e. The van der Waals surface area contributed by atoms with Crippen LogP contribution in [0.3, 0.4) is 0 Å². The van der Waals surface area contributed by atoms with Gasteiger partial charge in [-0.3, -0.25) is 4.79 Å². The summed E-state index contributed by atoms with van der Waals surface area (Å²) in [5.41, 5.74) is 9.01. The molecule has 0 bridgehead atoms. The number of methoxy groups -OCH3 is 1. The summed E-state index contributed by atoms with van der Waals surface area (Å²) in [5.74, 6) is 1.54. The van der Waals surface area contributed by atoms with Crippen LogP contribution in [0.25, 0.3) is 0 Å². The van der Waals surface area contributed by atoms with Gasteiger partial charge >= 0.3 is 0 Å². The van der Waals surface area contributed by atoms with Crippen molar-refractivity contribution in [3.63, 3.8) is 0 Å². The van der Waals surface area contributed by atoms with E-state index in [1.807, 2.05) is 13.8 Å². The van der Waals surface area contributed by atoms with Crippen molar-refractivity contribution in [1.29, 1.82) is 0 Å². The fraction of sp³-hybridized carbons (Fsp3) is 0.774. The van der Waals surface area contributed by atoms with Gasteiger partial charge < -0.3 is 30.4 Å². The van der Waals surface area contributed by atoms with Crippen molar-refractivity contribution in [1.82, 2.24) is 5.32 Å². The van der Waals surface area contributed by atoms with Gasteiger partial charge in [-0.25, -0.2) is 0 Å². The molecule has 4 N–H and O–H groups in total. The lowest BCUT2D eigenvalue weighted by Crippen LogP contribution is -2.46. The second-order valence-electron chi connectivity index (χ2n) is 11.6. The van der Waals surface area contributed by atoms with Gasteiger partial charge in [-0.15, -0.1) is 0 Å². The Kier molecular flexibility index (Phi) is 14.7. The first-order valence-electron chi connectivity index (χ1n) is 14.7. The fourth-order valence-corrected chi connectivity index (χ4v) is 5.21. The minimum atomic E-state index is -0.730. The molecule has 1 saturated heterocycles. The van der Waals surface area contributed by atoms with Crippen LogP contribution in [0.5, 0.6) is 5.75 Å². The lowest BCUT2D eigenvalue weighted by molar-refractivity contribution is -0.129. The summed E-state index contributed by atoms with van der Waals surface area (Å²) in [6, 6.07) is 6.28. The van der Waals surface area contributed by atoms with E-state index in [2.05, 4.69) is 44.3 Å². The molecule has 38 heavy (non-hydrogen) atoms. The summed E-state index contributed by atoms with van der Waals surface area (Å²) < 4.78 is 16.6. The number of amides is 1. The predicted molar refractivity (Wildman–Crippen MR) is 153 cm³/mol. The van der Waals surface area contributed by atoms with Crippen molar-refractivity contribution in [2.45, 2.75) is 97.8 Å². The first-order valence-corrected chi connectivity index (χ1v) is 14.7. The molecule has 1 fully saturated rings. The third kappa shape index (κ3) is 10.8. The van der Waals surface area contributed by atoms with Crippen molar-refractivity contribution in [3.8, 4) is 5.75 Å². The molecule has 0 spiro atoms. The molecule has 0 aromatic heterocycles. The molecule has 1 aromatic rings. The molecule has 0 radical (unpaired) electrons. The molecule has 4 atom stereocenters. The highest BCUT2D eigenvalue weighted by atomic mass is 16.5. The molecule has 1 aromatic carbocycles. The molecule has 4 unspecified atom stereocenters. The van der Waals surface area contributed by atoms with Gasteiger partial charge in [0.05, 0.1) is 12.7 Å². The standard InChI is InChI=1S/C31H54N2O5/c1-7-24-10-9-23(18-30(24)38-14-8-13-36-6)17-25(21(2)3)19-28(32)29(34)20-27(22(4)5)31(35)33-26-11-15-37-16-12-26/h9-10,18,21-22,25-29,34H,7-8,11-17,19-20,32H2,1-6H3,(H,33,35). The van der Waals surface area contributed by atoms with Gasteiger partial charge in [0.1, 0.15) is 5.75 Å². The average Bonchev–Trinajstić information content (AvgIpc) is 2.89. The van der Waals surface area contributed by atoms with Gasteiger partial charge in [-0.1, -0.05) is 46.8 Å². The smallest absolute Gasteiger partial charge is 0.223 e. The Labute approximate surface area is 231 Å². The van der Waals surface area contributed by atoms with Crippen LogP contribution in [-0.4, -0.2) is 62.7 Å². The number of aliphatic hydroxyl groups excluding tert-OH is 1.